The molecule has 1 aliphatic rings. The first-order valence-corrected chi connectivity index (χ1v) is 9.63. The molecule has 0 N–H and O–H groups in total. The van der Waals surface area contributed by atoms with Gasteiger partial charge in [-0.05, 0) is 50.5 Å². The summed E-state index contributed by atoms with van der Waals surface area (Å²) in [6, 6.07) is 6.08. The Bertz CT molecular complexity index is 973. The Labute approximate surface area is 159 Å². The molecule has 0 saturated heterocycles. The molecule has 1 saturated carbocycles. The predicted molar refractivity (Wildman–Crippen MR) is 106 cm³/mol. The first-order valence-electron chi connectivity index (χ1n) is 9.63. The number of imidazole rings is 1. The van der Waals surface area contributed by atoms with Gasteiger partial charge in [-0.15, -0.1) is 0 Å². The number of aromatic nitrogens is 4. The number of rotatable bonds is 3. The SMILES string of the molecule is CC(=O)N(C1CCCCC1)n1c(-c2cccnc2)nc2c(C)cc(C)nc21. The fraction of sp³-hybridized carbons (Fsp3) is 0.429. The van der Waals surface area contributed by atoms with E-state index in [1.54, 1.807) is 19.3 Å². The zero-order valence-electron chi connectivity index (χ0n) is 16.1. The molecule has 0 bridgehead atoms. The maximum absolute atomic E-state index is 12.8. The summed E-state index contributed by atoms with van der Waals surface area (Å²) in [6.07, 6.45) is 9.09. The Morgan fingerprint density at radius 3 is 2.63 bits per heavy atom. The number of amides is 1. The molecule has 1 amide bonds. The summed E-state index contributed by atoms with van der Waals surface area (Å²) in [6.45, 7) is 5.66. The van der Waals surface area contributed by atoms with Gasteiger partial charge >= 0.3 is 0 Å². The lowest BCUT2D eigenvalue weighted by Gasteiger charge is -2.35. The van der Waals surface area contributed by atoms with Crippen molar-refractivity contribution in [1.82, 2.24) is 19.6 Å². The first-order chi connectivity index (χ1) is 13.1. The fourth-order valence-electron chi connectivity index (χ4n) is 4.12. The molecule has 140 valence electrons. The highest BCUT2D eigenvalue weighted by atomic mass is 16.2. The minimum atomic E-state index is 0.0206. The lowest BCUT2D eigenvalue weighted by molar-refractivity contribution is -0.118. The largest absolute Gasteiger partial charge is 0.273 e. The van der Waals surface area contributed by atoms with E-state index < -0.39 is 0 Å². The van der Waals surface area contributed by atoms with Gasteiger partial charge in [0.15, 0.2) is 11.5 Å². The third-order valence-corrected chi connectivity index (χ3v) is 5.29. The van der Waals surface area contributed by atoms with Crippen molar-refractivity contribution in [2.45, 2.75) is 58.9 Å². The second kappa shape index (κ2) is 7.10. The van der Waals surface area contributed by atoms with Crippen molar-refractivity contribution in [2.75, 3.05) is 5.01 Å². The average molecular weight is 363 g/mol. The van der Waals surface area contributed by atoms with Crippen LogP contribution < -0.4 is 5.01 Å². The van der Waals surface area contributed by atoms with Gasteiger partial charge < -0.3 is 0 Å². The zero-order valence-corrected chi connectivity index (χ0v) is 16.1. The molecule has 3 aromatic rings. The molecular formula is C21H25N5O. The van der Waals surface area contributed by atoms with E-state index in [1.165, 1.54) is 6.42 Å². The Hall–Kier alpha value is -2.76. The Morgan fingerprint density at radius 2 is 1.96 bits per heavy atom. The molecule has 6 nitrogen and oxygen atoms in total. The van der Waals surface area contributed by atoms with Crippen molar-refractivity contribution in [3.05, 3.63) is 41.9 Å². The Kier molecular flexibility index (Phi) is 4.64. The molecule has 0 radical (unpaired) electrons. The second-order valence-corrected chi connectivity index (χ2v) is 7.40. The molecule has 6 heteroatoms. The van der Waals surface area contributed by atoms with Gasteiger partial charge in [0.25, 0.3) is 0 Å². The van der Waals surface area contributed by atoms with Gasteiger partial charge in [0.05, 0.1) is 6.04 Å². The van der Waals surface area contributed by atoms with E-state index in [0.717, 1.165) is 59.5 Å². The van der Waals surface area contributed by atoms with Gasteiger partial charge in [-0.25, -0.2) is 19.7 Å². The normalized spacial score (nSPS) is 15.2. The van der Waals surface area contributed by atoms with Crippen LogP contribution >= 0.6 is 0 Å². The van der Waals surface area contributed by atoms with Crippen LogP contribution in [0.25, 0.3) is 22.6 Å². The standard InChI is InChI=1S/C21H25N5O/c1-14-12-15(2)23-21-19(14)24-20(17-8-7-11-22-13-17)26(21)25(16(3)27)18-9-5-4-6-10-18/h7-8,11-13,18H,4-6,9-10H2,1-3H3. The van der Waals surface area contributed by atoms with Crippen molar-refractivity contribution >= 4 is 17.1 Å². The fourth-order valence-corrected chi connectivity index (χ4v) is 4.12. The van der Waals surface area contributed by atoms with Gasteiger partial charge in [-0.2, -0.15) is 0 Å². The van der Waals surface area contributed by atoms with Crippen molar-refractivity contribution in [3.63, 3.8) is 0 Å². The van der Waals surface area contributed by atoms with E-state index in [9.17, 15) is 4.79 Å². The van der Waals surface area contributed by atoms with E-state index >= 15 is 0 Å². The van der Waals surface area contributed by atoms with Crippen LogP contribution in [0.5, 0.6) is 0 Å². The van der Waals surface area contributed by atoms with E-state index in [2.05, 4.69) is 4.98 Å². The molecule has 0 unspecified atom stereocenters. The summed E-state index contributed by atoms with van der Waals surface area (Å²) < 4.78 is 1.94. The van der Waals surface area contributed by atoms with Gasteiger partial charge in [0.1, 0.15) is 5.52 Å². The van der Waals surface area contributed by atoms with Crippen LogP contribution in [-0.4, -0.2) is 31.6 Å². The molecule has 0 spiro atoms. The third kappa shape index (κ3) is 3.20. The minimum absolute atomic E-state index is 0.0206. The summed E-state index contributed by atoms with van der Waals surface area (Å²) >= 11 is 0. The highest BCUT2D eigenvalue weighted by Gasteiger charge is 2.29. The van der Waals surface area contributed by atoms with Gasteiger partial charge in [0.2, 0.25) is 5.91 Å². The second-order valence-electron chi connectivity index (χ2n) is 7.40. The Balaban J connectivity index is 1.99. The predicted octanol–water partition coefficient (Wildman–Crippen LogP) is 3.93. The quantitative estimate of drug-likeness (QED) is 0.707. The van der Waals surface area contributed by atoms with E-state index in [4.69, 9.17) is 9.97 Å². The molecule has 1 fully saturated rings. The summed E-state index contributed by atoms with van der Waals surface area (Å²) in [5, 5.41) is 1.88. The summed E-state index contributed by atoms with van der Waals surface area (Å²) in [7, 11) is 0. The highest BCUT2D eigenvalue weighted by molar-refractivity contribution is 5.89. The van der Waals surface area contributed by atoms with Crippen LogP contribution in [0.1, 0.15) is 50.3 Å². The molecule has 4 rings (SSSR count). The topological polar surface area (TPSA) is 63.9 Å². The van der Waals surface area contributed by atoms with E-state index in [-0.39, 0.29) is 11.9 Å². The van der Waals surface area contributed by atoms with Crippen LogP contribution in [0, 0.1) is 13.8 Å². The number of fused-ring (bicyclic) bond motifs is 1. The molecular weight excluding hydrogens is 338 g/mol. The first kappa shape index (κ1) is 17.6. The monoisotopic (exact) mass is 363 g/mol. The number of hydrogen-bond acceptors (Lipinski definition) is 4. The third-order valence-electron chi connectivity index (χ3n) is 5.29. The lowest BCUT2D eigenvalue weighted by Crippen LogP contribution is -2.48. The maximum Gasteiger partial charge on any atom is 0.238 e. The van der Waals surface area contributed by atoms with E-state index in [1.807, 2.05) is 41.7 Å². The molecule has 3 heterocycles. The number of hydrogen-bond donors (Lipinski definition) is 0. The highest BCUT2D eigenvalue weighted by Crippen LogP contribution is 2.30. The summed E-state index contributed by atoms with van der Waals surface area (Å²) in [4.78, 5) is 26.7. The van der Waals surface area contributed by atoms with Crippen molar-refractivity contribution in [2.24, 2.45) is 0 Å². The van der Waals surface area contributed by atoms with Crippen molar-refractivity contribution in [3.8, 4) is 11.4 Å². The molecule has 1 aliphatic carbocycles. The number of aryl methyl sites for hydroxylation is 2. The van der Waals surface area contributed by atoms with Crippen molar-refractivity contribution in [1.29, 1.82) is 0 Å². The van der Waals surface area contributed by atoms with Crippen LogP contribution in [0.4, 0.5) is 0 Å². The van der Waals surface area contributed by atoms with Gasteiger partial charge in [-0.1, -0.05) is 19.3 Å². The molecule has 0 aromatic carbocycles. The van der Waals surface area contributed by atoms with Crippen LogP contribution in [-0.2, 0) is 4.79 Å². The molecule has 27 heavy (non-hydrogen) atoms. The smallest absolute Gasteiger partial charge is 0.238 e. The molecule has 0 atom stereocenters. The van der Waals surface area contributed by atoms with Crippen LogP contribution in [0.3, 0.4) is 0 Å². The number of nitrogens with zero attached hydrogens (tertiary/aromatic N) is 5. The Morgan fingerprint density at radius 1 is 1.19 bits per heavy atom. The minimum Gasteiger partial charge on any atom is -0.273 e. The lowest BCUT2D eigenvalue weighted by atomic mass is 9.95. The molecule has 3 aromatic heterocycles. The number of carbonyl (C=O) groups excluding carboxylic acids is 1. The zero-order chi connectivity index (χ0) is 19.0. The molecule has 0 aliphatic heterocycles. The maximum atomic E-state index is 12.8. The van der Waals surface area contributed by atoms with Crippen LogP contribution in [0.2, 0.25) is 0 Å². The van der Waals surface area contributed by atoms with Gasteiger partial charge in [0, 0.05) is 30.6 Å². The van der Waals surface area contributed by atoms with Gasteiger partial charge in [-0.3, -0.25) is 9.78 Å². The van der Waals surface area contributed by atoms with Crippen molar-refractivity contribution < 1.29 is 4.79 Å². The van der Waals surface area contributed by atoms with Crippen LogP contribution in [0.15, 0.2) is 30.6 Å². The summed E-state index contributed by atoms with van der Waals surface area (Å²) in [5.41, 5.74) is 4.45. The summed E-state index contributed by atoms with van der Waals surface area (Å²) in [5.74, 6) is 0.743. The number of pyridine rings is 2. The van der Waals surface area contributed by atoms with E-state index in [0.29, 0.717) is 0 Å². The number of carbonyl (C=O) groups is 1. The average Bonchev–Trinajstić information content (AvgIpc) is 3.03.